The zero-order valence-electron chi connectivity index (χ0n) is 8.94. The first kappa shape index (κ1) is 9.39. The number of allylic oxidation sites excluding steroid dienone is 1. The van der Waals surface area contributed by atoms with Crippen molar-refractivity contribution in [2.75, 3.05) is 11.4 Å². The number of carbonyl (C=O) groups is 1. The van der Waals surface area contributed by atoms with Crippen LogP contribution in [-0.2, 0) is 0 Å². The van der Waals surface area contributed by atoms with E-state index >= 15 is 0 Å². The molecule has 0 atom stereocenters. The minimum Gasteiger partial charge on any atom is -0.309 e. The normalized spacial score (nSPS) is 19.8. The number of nitrogens with zero attached hydrogens (tertiary/aromatic N) is 2. The number of rotatable bonds is 1. The highest BCUT2D eigenvalue weighted by atomic mass is 16.2. The van der Waals surface area contributed by atoms with Crippen molar-refractivity contribution < 1.29 is 4.79 Å². The van der Waals surface area contributed by atoms with Gasteiger partial charge in [-0.25, -0.2) is 9.78 Å². The monoisotopic (exact) mass is 215 g/mol. The van der Waals surface area contributed by atoms with E-state index in [0.717, 1.165) is 24.4 Å². The van der Waals surface area contributed by atoms with Crippen molar-refractivity contribution in [2.45, 2.75) is 19.3 Å². The number of pyridine rings is 1. The topological polar surface area (TPSA) is 45.2 Å². The van der Waals surface area contributed by atoms with E-state index in [0.29, 0.717) is 6.54 Å². The molecule has 2 amide bonds. The lowest BCUT2D eigenvalue weighted by Crippen LogP contribution is -2.28. The number of nitrogens with one attached hydrogen (secondary N) is 1. The molecule has 0 spiro atoms. The maximum absolute atomic E-state index is 11.8. The molecule has 82 valence electrons. The number of urea groups is 1. The average Bonchev–Trinajstić information content (AvgIpc) is 2.59. The third kappa shape index (κ3) is 1.46. The molecule has 0 bridgehead atoms. The summed E-state index contributed by atoms with van der Waals surface area (Å²) in [5, 5.41) is 2.93. The summed E-state index contributed by atoms with van der Waals surface area (Å²) >= 11 is 0. The van der Waals surface area contributed by atoms with Crippen molar-refractivity contribution in [3.8, 4) is 0 Å². The molecular formula is C12H13N3O. The minimum atomic E-state index is -0.0619. The van der Waals surface area contributed by atoms with Crippen LogP contribution in [0.2, 0.25) is 0 Å². The van der Waals surface area contributed by atoms with Crippen LogP contribution in [-0.4, -0.2) is 17.6 Å². The molecule has 0 radical (unpaired) electrons. The SMILES string of the molecule is O=C1NC(=C2CCC2)CN1c1ccccn1. The molecule has 0 aromatic carbocycles. The molecule has 1 aromatic heterocycles. The molecule has 3 rings (SSSR count). The predicted octanol–water partition coefficient (Wildman–Crippen LogP) is 2.05. The van der Waals surface area contributed by atoms with Gasteiger partial charge in [-0.1, -0.05) is 6.07 Å². The van der Waals surface area contributed by atoms with Gasteiger partial charge in [-0.3, -0.25) is 4.90 Å². The van der Waals surface area contributed by atoms with Crippen LogP contribution < -0.4 is 10.2 Å². The van der Waals surface area contributed by atoms with Crippen LogP contribution in [0.15, 0.2) is 35.7 Å². The Morgan fingerprint density at radius 3 is 2.81 bits per heavy atom. The van der Waals surface area contributed by atoms with Gasteiger partial charge in [-0.05, 0) is 37.0 Å². The summed E-state index contributed by atoms with van der Waals surface area (Å²) in [5.74, 6) is 0.718. The van der Waals surface area contributed by atoms with E-state index in [1.165, 1.54) is 12.0 Å². The molecule has 1 saturated carbocycles. The molecule has 1 aliphatic carbocycles. The molecule has 2 heterocycles. The third-order valence-electron chi connectivity index (χ3n) is 3.13. The molecule has 4 nitrogen and oxygen atoms in total. The molecule has 0 unspecified atom stereocenters. The van der Waals surface area contributed by atoms with Crippen LogP contribution in [0.4, 0.5) is 10.6 Å². The number of carbonyl (C=O) groups excluding carboxylic acids is 1. The Bertz CT molecular complexity index is 447. The summed E-state index contributed by atoms with van der Waals surface area (Å²) in [5.41, 5.74) is 2.48. The number of hydrogen-bond donors (Lipinski definition) is 1. The van der Waals surface area contributed by atoms with E-state index in [9.17, 15) is 4.79 Å². The Morgan fingerprint density at radius 1 is 1.31 bits per heavy atom. The zero-order chi connectivity index (χ0) is 11.0. The van der Waals surface area contributed by atoms with Gasteiger partial charge in [0.2, 0.25) is 0 Å². The lowest BCUT2D eigenvalue weighted by molar-refractivity contribution is 0.252. The van der Waals surface area contributed by atoms with Crippen LogP contribution in [0, 0.1) is 0 Å². The highest BCUT2D eigenvalue weighted by Gasteiger charge is 2.29. The van der Waals surface area contributed by atoms with Gasteiger partial charge in [0, 0.05) is 11.9 Å². The van der Waals surface area contributed by atoms with Crippen molar-refractivity contribution in [1.29, 1.82) is 0 Å². The second kappa shape index (κ2) is 3.63. The molecule has 2 fully saturated rings. The molecule has 2 aliphatic rings. The molecule has 1 aromatic rings. The zero-order valence-corrected chi connectivity index (χ0v) is 8.94. The number of aromatic nitrogens is 1. The number of hydrogen-bond acceptors (Lipinski definition) is 2. The summed E-state index contributed by atoms with van der Waals surface area (Å²) in [6, 6.07) is 5.54. The Balaban J connectivity index is 1.86. The first-order valence-corrected chi connectivity index (χ1v) is 5.55. The first-order valence-electron chi connectivity index (χ1n) is 5.55. The second-order valence-corrected chi connectivity index (χ2v) is 4.14. The van der Waals surface area contributed by atoms with Gasteiger partial charge in [0.15, 0.2) is 0 Å². The van der Waals surface area contributed by atoms with Crippen molar-refractivity contribution in [3.63, 3.8) is 0 Å². The Morgan fingerprint density at radius 2 is 2.19 bits per heavy atom. The van der Waals surface area contributed by atoms with Gasteiger partial charge in [0.05, 0.1) is 6.54 Å². The van der Waals surface area contributed by atoms with Crippen molar-refractivity contribution in [2.24, 2.45) is 0 Å². The molecule has 1 saturated heterocycles. The van der Waals surface area contributed by atoms with Crippen LogP contribution in [0.1, 0.15) is 19.3 Å². The highest BCUT2D eigenvalue weighted by Crippen LogP contribution is 2.30. The van der Waals surface area contributed by atoms with Crippen LogP contribution >= 0.6 is 0 Å². The Labute approximate surface area is 94.0 Å². The standard InChI is InChI=1S/C12H13N3O/c16-12-14-10(9-4-3-5-9)8-15(12)11-6-1-2-7-13-11/h1-2,6-7H,3-5,8H2,(H,14,16). The first-order chi connectivity index (χ1) is 7.84. The van der Waals surface area contributed by atoms with E-state index < -0.39 is 0 Å². The van der Waals surface area contributed by atoms with Crippen LogP contribution in [0.3, 0.4) is 0 Å². The van der Waals surface area contributed by atoms with Gasteiger partial charge in [-0.2, -0.15) is 0 Å². The summed E-state index contributed by atoms with van der Waals surface area (Å²) in [4.78, 5) is 17.6. The van der Waals surface area contributed by atoms with E-state index in [4.69, 9.17) is 0 Å². The van der Waals surface area contributed by atoms with Crippen molar-refractivity contribution in [3.05, 3.63) is 35.7 Å². The lowest BCUT2D eigenvalue weighted by atomic mass is 9.90. The van der Waals surface area contributed by atoms with Gasteiger partial charge >= 0.3 is 6.03 Å². The fourth-order valence-corrected chi connectivity index (χ4v) is 2.02. The summed E-state index contributed by atoms with van der Waals surface area (Å²) < 4.78 is 0. The Kier molecular flexibility index (Phi) is 2.13. The summed E-state index contributed by atoms with van der Waals surface area (Å²) in [6.45, 7) is 0.644. The number of amides is 2. The van der Waals surface area contributed by atoms with E-state index in [2.05, 4.69) is 10.3 Å². The molecule has 4 heteroatoms. The second-order valence-electron chi connectivity index (χ2n) is 4.14. The fourth-order valence-electron chi connectivity index (χ4n) is 2.02. The largest absolute Gasteiger partial charge is 0.327 e. The molecule has 16 heavy (non-hydrogen) atoms. The summed E-state index contributed by atoms with van der Waals surface area (Å²) in [7, 11) is 0. The maximum atomic E-state index is 11.8. The number of anilines is 1. The summed E-state index contributed by atoms with van der Waals surface area (Å²) in [6.07, 6.45) is 5.22. The third-order valence-corrected chi connectivity index (χ3v) is 3.13. The molecular weight excluding hydrogens is 202 g/mol. The lowest BCUT2D eigenvalue weighted by Gasteiger charge is -2.18. The van der Waals surface area contributed by atoms with E-state index in [-0.39, 0.29) is 6.03 Å². The van der Waals surface area contributed by atoms with Gasteiger partial charge < -0.3 is 5.32 Å². The van der Waals surface area contributed by atoms with Crippen molar-refractivity contribution >= 4 is 11.8 Å². The van der Waals surface area contributed by atoms with Gasteiger partial charge in [0.1, 0.15) is 5.82 Å². The quantitative estimate of drug-likeness (QED) is 0.779. The maximum Gasteiger partial charge on any atom is 0.327 e. The smallest absolute Gasteiger partial charge is 0.309 e. The van der Waals surface area contributed by atoms with Crippen molar-refractivity contribution in [1.82, 2.24) is 10.3 Å². The van der Waals surface area contributed by atoms with E-state index in [1.54, 1.807) is 11.1 Å². The molecule has 1 N–H and O–H groups in total. The average molecular weight is 215 g/mol. The highest BCUT2D eigenvalue weighted by molar-refractivity contribution is 5.95. The van der Waals surface area contributed by atoms with Crippen LogP contribution in [0.5, 0.6) is 0 Å². The van der Waals surface area contributed by atoms with Gasteiger partial charge in [-0.15, -0.1) is 0 Å². The molecule has 1 aliphatic heterocycles. The minimum absolute atomic E-state index is 0.0619. The Hall–Kier alpha value is -1.84. The van der Waals surface area contributed by atoms with E-state index in [1.807, 2.05) is 18.2 Å². The van der Waals surface area contributed by atoms with Crippen LogP contribution in [0.25, 0.3) is 0 Å². The predicted molar refractivity (Wildman–Crippen MR) is 61.0 cm³/mol. The fraction of sp³-hybridized carbons (Fsp3) is 0.333. The van der Waals surface area contributed by atoms with Gasteiger partial charge in [0.25, 0.3) is 0 Å².